The number of halogens is 2. The van der Waals surface area contributed by atoms with Crippen LogP contribution in [0.4, 0.5) is 10.5 Å². The van der Waals surface area contributed by atoms with Crippen molar-refractivity contribution in [1.29, 1.82) is 0 Å². The minimum absolute atomic E-state index is 0.125. The molecular weight excluding hydrogens is 291 g/mol. The van der Waals surface area contributed by atoms with E-state index in [1.807, 2.05) is 0 Å². The van der Waals surface area contributed by atoms with E-state index in [-0.39, 0.29) is 6.42 Å². The Kier molecular flexibility index (Phi) is 5.92. The zero-order chi connectivity index (χ0) is 14.4. The van der Waals surface area contributed by atoms with Gasteiger partial charge in [0.25, 0.3) is 0 Å². The van der Waals surface area contributed by atoms with E-state index in [9.17, 15) is 9.59 Å². The fourth-order valence-electron chi connectivity index (χ4n) is 1.49. The molecule has 0 heterocycles. The fraction of sp³-hybridized carbons (Fsp3) is 0.333. The molecular formula is C12H14Cl2N2O3. The summed E-state index contributed by atoms with van der Waals surface area (Å²) in [6.45, 7) is 1.80. The van der Waals surface area contributed by atoms with E-state index in [0.29, 0.717) is 22.2 Å². The topological polar surface area (TPSA) is 78.4 Å². The Hall–Kier alpha value is -1.46. The number of carbonyl (C=O) groups excluding carboxylic acids is 1. The molecule has 0 bridgehead atoms. The highest BCUT2D eigenvalue weighted by atomic mass is 35.5. The second-order valence-electron chi connectivity index (χ2n) is 3.96. The van der Waals surface area contributed by atoms with Gasteiger partial charge in [-0.3, -0.25) is 4.79 Å². The van der Waals surface area contributed by atoms with Crippen molar-refractivity contribution < 1.29 is 14.7 Å². The van der Waals surface area contributed by atoms with Gasteiger partial charge >= 0.3 is 12.0 Å². The number of aliphatic carboxylic acids is 1. The highest BCUT2D eigenvalue weighted by Gasteiger charge is 2.14. The molecule has 0 radical (unpaired) electrons. The summed E-state index contributed by atoms with van der Waals surface area (Å²) < 4.78 is 0. The van der Waals surface area contributed by atoms with Crippen LogP contribution in [0, 0.1) is 0 Å². The molecule has 0 spiro atoms. The molecule has 1 unspecified atom stereocenters. The van der Waals surface area contributed by atoms with E-state index in [2.05, 4.69) is 10.6 Å². The first-order valence-corrected chi connectivity index (χ1v) is 6.41. The molecule has 0 aromatic heterocycles. The molecule has 0 fully saturated rings. The molecule has 0 aliphatic carbocycles. The number of benzene rings is 1. The van der Waals surface area contributed by atoms with Crippen molar-refractivity contribution in [2.45, 2.75) is 25.8 Å². The molecule has 2 amide bonds. The summed E-state index contributed by atoms with van der Waals surface area (Å²) in [7, 11) is 0. The third-order valence-electron chi connectivity index (χ3n) is 2.37. The number of urea groups is 1. The van der Waals surface area contributed by atoms with Crippen LogP contribution in [0.5, 0.6) is 0 Å². The number of anilines is 1. The van der Waals surface area contributed by atoms with Crippen molar-refractivity contribution in [2.24, 2.45) is 0 Å². The second-order valence-corrected chi connectivity index (χ2v) is 4.83. The predicted molar refractivity (Wildman–Crippen MR) is 74.9 cm³/mol. The van der Waals surface area contributed by atoms with Crippen LogP contribution < -0.4 is 10.6 Å². The lowest BCUT2D eigenvalue weighted by molar-refractivity contribution is -0.137. The van der Waals surface area contributed by atoms with Crippen LogP contribution in [0.15, 0.2) is 18.2 Å². The number of rotatable bonds is 5. The van der Waals surface area contributed by atoms with Crippen LogP contribution in [0.2, 0.25) is 10.0 Å². The second kappa shape index (κ2) is 7.21. The number of nitrogens with one attached hydrogen (secondary N) is 2. The smallest absolute Gasteiger partial charge is 0.319 e. The van der Waals surface area contributed by atoms with Gasteiger partial charge in [0.05, 0.1) is 6.42 Å². The van der Waals surface area contributed by atoms with Crippen LogP contribution in [-0.4, -0.2) is 23.1 Å². The molecule has 0 aliphatic heterocycles. The summed E-state index contributed by atoms with van der Waals surface area (Å²) in [5.74, 6) is -0.960. The van der Waals surface area contributed by atoms with Gasteiger partial charge in [-0.15, -0.1) is 0 Å². The standard InChI is InChI=1S/C12H14Cl2N2O3/c1-2-9(6-11(17)18)15-12(19)16-10-4-7(13)3-8(14)5-10/h3-5,9H,2,6H2,1H3,(H,17,18)(H2,15,16,19). The molecule has 104 valence electrons. The monoisotopic (exact) mass is 304 g/mol. The number of amides is 2. The molecule has 19 heavy (non-hydrogen) atoms. The first kappa shape index (κ1) is 15.6. The third-order valence-corrected chi connectivity index (χ3v) is 2.81. The molecule has 1 aromatic rings. The van der Waals surface area contributed by atoms with E-state index in [4.69, 9.17) is 28.3 Å². The first-order valence-electron chi connectivity index (χ1n) is 5.66. The molecule has 0 aliphatic rings. The zero-order valence-electron chi connectivity index (χ0n) is 10.2. The average molecular weight is 305 g/mol. The highest BCUT2D eigenvalue weighted by Crippen LogP contribution is 2.22. The minimum Gasteiger partial charge on any atom is -0.481 e. The van der Waals surface area contributed by atoms with Gasteiger partial charge in [0.1, 0.15) is 0 Å². The Labute approximate surface area is 120 Å². The number of hydrogen-bond acceptors (Lipinski definition) is 2. The Morgan fingerprint density at radius 1 is 1.26 bits per heavy atom. The Bertz CT molecular complexity index is 460. The SMILES string of the molecule is CCC(CC(=O)O)NC(=O)Nc1cc(Cl)cc(Cl)c1. The quantitative estimate of drug-likeness (QED) is 0.780. The number of carboxylic acids is 1. The number of hydrogen-bond donors (Lipinski definition) is 3. The van der Waals surface area contributed by atoms with Crippen LogP contribution in [0.25, 0.3) is 0 Å². The normalized spacial score (nSPS) is 11.7. The van der Waals surface area contributed by atoms with Gasteiger partial charge in [-0.25, -0.2) is 4.79 Å². The fourth-order valence-corrected chi connectivity index (χ4v) is 2.01. The van der Waals surface area contributed by atoms with E-state index in [0.717, 1.165) is 0 Å². The first-order chi connectivity index (χ1) is 8.90. The largest absolute Gasteiger partial charge is 0.481 e. The van der Waals surface area contributed by atoms with E-state index in [1.54, 1.807) is 25.1 Å². The molecule has 7 heteroatoms. The van der Waals surface area contributed by atoms with E-state index >= 15 is 0 Å². The Balaban J connectivity index is 2.61. The Morgan fingerprint density at radius 2 is 1.84 bits per heavy atom. The van der Waals surface area contributed by atoms with Crippen LogP contribution in [-0.2, 0) is 4.79 Å². The summed E-state index contributed by atoms with van der Waals surface area (Å²) >= 11 is 11.6. The Morgan fingerprint density at radius 3 is 2.32 bits per heavy atom. The van der Waals surface area contributed by atoms with Gasteiger partial charge in [-0.1, -0.05) is 30.1 Å². The molecule has 5 nitrogen and oxygen atoms in total. The lowest BCUT2D eigenvalue weighted by Crippen LogP contribution is -2.38. The third kappa shape index (κ3) is 5.81. The maximum absolute atomic E-state index is 11.7. The maximum atomic E-state index is 11.7. The van der Waals surface area contributed by atoms with Gasteiger partial charge in [-0.2, -0.15) is 0 Å². The zero-order valence-corrected chi connectivity index (χ0v) is 11.8. The van der Waals surface area contributed by atoms with Crippen molar-refractivity contribution >= 4 is 40.9 Å². The van der Waals surface area contributed by atoms with Gasteiger partial charge in [0.2, 0.25) is 0 Å². The van der Waals surface area contributed by atoms with Crippen molar-refractivity contribution in [3.63, 3.8) is 0 Å². The molecule has 3 N–H and O–H groups in total. The van der Waals surface area contributed by atoms with Gasteiger partial charge in [-0.05, 0) is 24.6 Å². The van der Waals surface area contributed by atoms with Crippen molar-refractivity contribution in [1.82, 2.24) is 5.32 Å². The van der Waals surface area contributed by atoms with Gasteiger partial charge < -0.3 is 15.7 Å². The molecule has 1 atom stereocenters. The predicted octanol–water partition coefficient (Wildman–Crippen LogP) is 3.37. The summed E-state index contributed by atoms with van der Waals surface area (Å²) in [5.41, 5.74) is 0.445. The molecule has 0 saturated carbocycles. The number of carbonyl (C=O) groups is 2. The van der Waals surface area contributed by atoms with Crippen LogP contribution in [0.1, 0.15) is 19.8 Å². The van der Waals surface area contributed by atoms with Crippen molar-refractivity contribution in [3.8, 4) is 0 Å². The van der Waals surface area contributed by atoms with Gasteiger partial charge in [0, 0.05) is 21.8 Å². The van der Waals surface area contributed by atoms with Crippen LogP contribution >= 0.6 is 23.2 Å². The lowest BCUT2D eigenvalue weighted by Gasteiger charge is -2.15. The summed E-state index contributed by atoms with van der Waals surface area (Å²) in [6, 6.07) is 3.72. The van der Waals surface area contributed by atoms with E-state index < -0.39 is 18.0 Å². The average Bonchev–Trinajstić information content (AvgIpc) is 2.25. The summed E-state index contributed by atoms with van der Waals surface area (Å²) in [6.07, 6.45) is 0.399. The van der Waals surface area contributed by atoms with Crippen molar-refractivity contribution in [3.05, 3.63) is 28.2 Å². The molecule has 1 aromatic carbocycles. The lowest BCUT2D eigenvalue weighted by atomic mass is 10.1. The van der Waals surface area contributed by atoms with E-state index in [1.165, 1.54) is 0 Å². The molecule has 1 rings (SSSR count). The van der Waals surface area contributed by atoms with Gasteiger partial charge in [0.15, 0.2) is 0 Å². The minimum atomic E-state index is -0.960. The highest BCUT2D eigenvalue weighted by molar-refractivity contribution is 6.35. The summed E-state index contributed by atoms with van der Waals surface area (Å²) in [5, 5.41) is 14.6. The van der Waals surface area contributed by atoms with Crippen molar-refractivity contribution in [2.75, 3.05) is 5.32 Å². The summed E-state index contributed by atoms with van der Waals surface area (Å²) in [4.78, 5) is 22.3. The number of carboxylic acid groups (broad SMARTS) is 1. The maximum Gasteiger partial charge on any atom is 0.319 e. The molecule has 0 saturated heterocycles. The van der Waals surface area contributed by atoms with Crippen LogP contribution in [0.3, 0.4) is 0 Å².